The fourth-order valence-corrected chi connectivity index (χ4v) is 7.29. The summed E-state index contributed by atoms with van der Waals surface area (Å²) in [7, 11) is 3.36. The molecule has 0 N–H and O–H groups in total. The van der Waals surface area contributed by atoms with Crippen molar-refractivity contribution in [3.63, 3.8) is 0 Å². The van der Waals surface area contributed by atoms with E-state index in [2.05, 4.69) is 296 Å². The van der Waals surface area contributed by atoms with E-state index < -0.39 is 0 Å². The fraction of sp³-hybridized carbons (Fsp3) is 0.486. The third kappa shape index (κ3) is 23.2. The highest BCUT2D eigenvalue weighted by Crippen LogP contribution is 2.45. The van der Waals surface area contributed by atoms with Crippen LogP contribution >= 0.6 is 0 Å². The van der Waals surface area contributed by atoms with E-state index in [0.29, 0.717) is 34.0 Å². The minimum absolute atomic E-state index is 0.121. The Hall–Kier alpha value is -5.08. The summed E-state index contributed by atoms with van der Waals surface area (Å²) in [5.41, 5.74) is 9.43. The third-order valence-corrected chi connectivity index (χ3v) is 14.5. The summed E-state index contributed by atoms with van der Waals surface area (Å²) < 4.78 is 10.4. The van der Waals surface area contributed by atoms with Crippen molar-refractivity contribution >= 4 is 0 Å². The summed E-state index contributed by atoms with van der Waals surface area (Å²) in [4.78, 5) is 0. The Labute approximate surface area is 444 Å². The van der Waals surface area contributed by atoms with Crippen molar-refractivity contribution in [3.8, 4) is 11.5 Å². The lowest BCUT2D eigenvalue weighted by molar-refractivity contribution is 0.157. The molecule has 72 heavy (non-hydrogen) atoms. The molecule has 0 heterocycles. The van der Waals surface area contributed by atoms with Crippen LogP contribution in [0.25, 0.3) is 0 Å². The molecule has 6 aromatic carbocycles. The van der Waals surface area contributed by atoms with Gasteiger partial charge in [0.15, 0.2) is 0 Å². The standard InChI is InChI=1S/C22H22.C12H18O2.C11H16.C10H14.C8H18.C7H16/c1-18(2)22(19-12-6-3-7-13-19,20-14-8-4-9-15-20)21-16-10-5-11-17-21;1-9(2)7-10-5-6-11(13-3)8-12(10)14-4;1-9(2)10(3)11-7-5-4-6-8-11;1-9(2)8-10-6-4-3-5-7-10;1-7(2,3)8(4,5)6;1-6(2)7(3,4)5/h3-18H,1-2H3;5-6,8-9H,7H2,1-4H3;4-10H,1-3H3;3-7,9H,8H2,1-2H3;1-6H3;6H,1-5H3. The minimum Gasteiger partial charge on any atom is -0.497 e. The molecule has 1 atom stereocenters. The van der Waals surface area contributed by atoms with E-state index in [1.165, 1.54) is 39.8 Å². The van der Waals surface area contributed by atoms with Gasteiger partial charge >= 0.3 is 0 Å². The summed E-state index contributed by atoms with van der Waals surface area (Å²) in [6.07, 6.45) is 2.23. The van der Waals surface area contributed by atoms with Crippen LogP contribution in [0.15, 0.2) is 170 Å². The smallest absolute Gasteiger partial charge is 0.125 e. The number of benzene rings is 6. The van der Waals surface area contributed by atoms with Gasteiger partial charge in [0.05, 0.1) is 14.2 Å². The van der Waals surface area contributed by atoms with Gasteiger partial charge in [0.25, 0.3) is 0 Å². The van der Waals surface area contributed by atoms with E-state index in [0.717, 1.165) is 35.7 Å². The molecular formula is C70H104O2. The first-order valence-electron chi connectivity index (χ1n) is 27.1. The Morgan fingerprint density at radius 1 is 0.389 bits per heavy atom. The second-order valence-electron chi connectivity index (χ2n) is 24.4. The largest absolute Gasteiger partial charge is 0.497 e. The highest BCUT2D eigenvalue weighted by molar-refractivity contribution is 5.51. The molecule has 0 fully saturated rings. The second kappa shape index (κ2) is 32.2. The highest BCUT2D eigenvalue weighted by atomic mass is 16.5. The van der Waals surface area contributed by atoms with Crippen molar-refractivity contribution in [2.24, 2.45) is 45.8 Å². The monoisotopic (exact) mass is 977 g/mol. The molecule has 6 aromatic rings. The summed E-state index contributed by atoms with van der Waals surface area (Å²) in [5, 5.41) is 0. The molecular weight excluding hydrogens is 873 g/mol. The number of rotatable bonds is 12. The maximum Gasteiger partial charge on any atom is 0.125 e. The molecule has 6 rings (SSSR count). The maximum atomic E-state index is 5.31. The van der Waals surface area contributed by atoms with Crippen LogP contribution in [0.2, 0.25) is 0 Å². The number of hydrogen-bond donors (Lipinski definition) is 0. The van der Waals surface area contributed by atoms with Crippen molar-refractivity contribution in [1.82, 2.24) is 0 Å². The Bertz CT molecular complexity index is 2130. The molecule has 0 saturated heterocycles. The Kier molecular flexibility index (Phi) is 29.0. The maximum absolute atomic E-state index is 5.31. The molecule has 0 spiro atoms. The van der Waals surface area contributed by atoms with Crippen molar-refractivity contribution in [1.29, 1.82) is 0 Å². The average Bonchev–Trinajstić information content (AvgIpc) is 3.33. The molecule has 0 bridgehead atoms. The zero-order chi connectivity index (χ0) is 54.7. The van der Waals surface area contributed by atoms with E-state index >= 15 is 0 Å². The van der Waals surface area contributed by atoms with E-state index in [1.54, 1.807) is 14.2 Å². The molecule has 396 valence electrons. The molecule has 1 unspecified atom stereocenters. The Morgan fingerprint density at radius 2 is 0.736 bits per heavy atom. The SMILES string of the molecule is CC(C)(C)C(C)(C)C.CC(C)C(C)(C)C.CC(C)C(C)c1ccccc1.CC(C)C(c1ccccc1)(c1ccccc1)c1ccccc1.CC(C)Cc1ccccc1.COc1ccc(CC(C)C)c(OC)c1. The first-order valence-corrected chi connectivity index (χ1v) is 27.1. The number of methoxy groups -OCH3 is 2. The lowest BCUT2D eigenvalue weighted by atomic mass is 9.63. The van der Waals surface area contributed by atoms with Crippen molar-refractivity contribution in [3.05, 3.63) is 203 Å². The predicted molar refractivity (Wildman–Crippen MR) is 320 cm³/mol. The van der Waals surface area contributed by atoms with E-state index in [9.17, 15) is 0 Å². The van der Waals surface area contributed by atoms with E-state index in [-0.39, 0.29) is 5.41 Å². The van der Waals surface area contributed by atoms with Crippen LogP contribution in [-0.2, 0) is 18.3 Å². The first-order chi connectivity index (χ1) is 33.6. The Morgan fingerprint density at radius 3 is 1.01 bits per heavy atom. The molecule has 0 aliphatic rings. The van der Waals surface area contributed by atoms with Crippen LogP contribution in [0.1, 0.15) is 178 Å². The lowest BCUT2D eigenvalue weighted by Gasteiger charge is -2.39. The van der Waals surface area contributed by atoms with Gasteiger partial charge in [-0.05, 0) is 104 Å². The van der Waals surface area contributed by atoms with Crippen LogP contribution in [0.5, 0.6) is 11.5 Å². The van der Waals surface area contributed by atoms with Gasteiger partial charge in [0.1, 0.15) is 11.5 Å². The van der Waals surface area contributed by atoms with Gasteiger partial charge in [-0.1, -0.05) is 296 Å². The van der Waals surface area contributed by atoms with Gasteiger partial charge in [0, 0.05) is 11.5 Å². The molecule has 0 aliphatic heterocycles. The zero-order valence-electron chi connectivity index (χ0n) is 49.9. The van der Waals surface area contributed by atoms with E-state index in [1.807, 2.05) is 12.1 Å². The molecule has 2 heteroatoms. The molecule has 0 radical (unpaired) electrons. The molecule has 2 nitrogen and oxygen atoms in total. The van der Waals surface area contributed by atoms with Gasteiger partial charge in [-0.2, -0.15) is 0 Å². The minimum atomic E-state index is -0.121. The van der Waals surface area contributed by atoms with Crippen LogP contribution in [0, 0.1) is 45.8 Å². The van der Waals surface area contributed by atoms with Crippen LogP contribution in [0.3, 0.4) is 0 Å². The summed E-state index contributed by atoms with van der Waals surface area (Å²) in [5.74, 6) is 5.81. The van der Waals surface area contributed by atoms with Gasteiger partial charge < -0.3 is 9.47 Å². The second-order valence-corrected chi connectivity index (χ2v) is 24.4. The van der Waals surface area contributed by atoms with Crippen LogP contribution in [-0.4, -0.2) is 14.2 Å². The molecule has 0 aromatic heterocycles. The third-order valence-electron chi connectivity index (χ3n) is 14.5. The topological polar surface area (TPSA) is 18.5 Å². The van der Waals surface area contributed by atoms with Gasteiger partial charge in [-0.25, -0.2) is 0 Å². The molecule has 0 aliphatic carbocycles. The highest BCUT2D eigenvalue weighted by Gasteiger charge is 2.39. The van der Waals surface area contributed by atoms with Crippen molar-refractivity contribution < 1.29 is 9.47 Å². The lowest BCUT2D eigenvalue weighted by Crippen LogP contribution is -2.35. The zero-order valence-corrected chi connectivity index (χ0v) is 49.9. The Balaban J connectivity index is 0.000000455. The van der Waals surface area contributed by atoms with E-state index in [4.69, 9.17) is 9.47 Å². The predicted octanol–water partition coefficient (Wildman–Crippen LogP) is 20.7. The van der Waals surface area contributed by atoms with Crippen molar-refractivity contribution in [2.45, 2.75) is 163 Å². The van der Waals surface area contributed by atoms with Crippen LogP contribution < -0.4 is 9.47 Å². The summed E-state index contributed by atoms with van der Waals surface area (Å²) in [6.45, 7) is 45.2. The number of hydrogen-bond acceptors (Lipinski definition) is 2. The number of ether oxygens (including phenoxy) is 2. The van der Waals surface area contributed by atoms with Gasteiger partial charge in [-0.3, -0.25) is 0 Å². The van der Waals surface area contributed by atoms with Crippen LogP contribution in [0.4, 0.5) is 0 Å². The average molecular weight is 978 g/mol. The molecule has 0 saturated carbocycles. The normalized spacial score (nSPS) is 11.9. The summed E-state index contributed by atoms with van der Waals surface area (Å²) >= 11 is 0. The summed E-state index contributed by atoms with van der Waals surface area (Å²) in [6, 6.07) is 59.8. The van der Waals surface area contributed by atoms with Gasteiger partial charge in [0.2, 0.25) is 0 Å². The van der Waals surface area contributed by atoms with Gasteiger partial charge in [-0.15, -0.1) is 0 Å². The first kappa shape index (κ1) is 64.9. The van der Waals surface area contributed by atoms with Crippen molar-refractivity contribution in [2.75, 3.05) is 14.2 Å². The fourth-order valence-electron chi connectivity index (χ4n) is 7.29. The molecule has 0 amide bonds. The quantitative estimate of drug-likeness (QED) is 0.114.